The second-order valence-corrected chi connectivity index (χ2v) is 8.09. The van der Waals surface area contributed by atoms with Gasteiger partial charge < -0.3 is 10.2 Å². The average Bonchev–Trinajstić information content (AvgIpc) is 2.93. The van der Waals surface area contributed by atoms with E-state index in [0.717, 1.165) is 16.7 Å². The molecule has 29 heavy (non-hydrogen) atoms. The lowest BCUT2D eigenvalue weighted by Crippen LogP contribution is -2.59. The highest BCUT2D eigenvalue weighted by molar-refractivity contribution is 6.07. The summed E-state index contributed by atoms with van der Waals surface area (Å²) in [6, 6.07) is 14.8. The van der Waals surface area contributed by atoms with Gasteiger partial charge in [-0.3, -0.25) is 14.5 Å². The molecule has 2 aliphatic rings. The lowest BCUT2D eigenvalue weighted by atomic mass is 9.88. The first-order valence-corrected chi connectivity index (χ1v) is 9.94. The van der Waals surface area contributed by atoms with Crippen molar-refractivity contribution in [3.63, 3.8) is 0 Å². The van der Waals surface area contributed by atoms with Crippen molar-refractivity contribution in [1.29, 1.82) is 0 Å². The zero-order chi connectivity index (χ0) is 20.6. The Labute approximate surface area is 170 Å². The second-order valence-electron chi connectivity index (χ2n) is 8.09. The molecule has 6 heteroatoms. The largest absolute Gasteiger partial charge is 0.336 e. The number of urea groups is 1. The molecule has 6 nitrogen and oxygen atoms in total. The Morgan fingerprint density at radius 2 is 1.83 bits per heavy atom. The highest BCUT2D eigenvalue weighted by atomic mass is 16.2. The summed E-state index contributed by atoms with van der Waals surface area (Å²) in [6.45, 7) is 4.95. The maximum Gasteiger partial charge on any atom is 0.325 e. The van der Waals surface area contributed by atoms with Gasteiger partial charge in [0.05, 0.1) is 13.1 Å². The number of nitrogens with one attached hydrogen (secondary N) is 1. The summed E-state index contributed by atoms with van der Waals surface area (Å²) in [4.78, 5) is 41.8. The van der Waals surface area contributed by atoms with Gasteiger partial charge >= 0.3 is 6.03 Å². The van der Waals surface area contributed by atoms with Gasteiger partial charge in [-0.05, 0) is 44.4 Å². The molecule has 0 aromatic heterocycles. The zero-order valence-electron chi connectivity index (χ0n) is 16.8. The van der Waals surface area contributed by atoms with Gasteiger partial charge in [-0.15, -0.1) is 0 Å². The molecule has 2 aromatic carbocycles. The van der Waals surface area contributed by atoms with Crippen molar-refractivity contribution < 1.29 is 14.4 Å². The Balaban J connectivity index is 1.53. The first-order chi connectivity index (χ1) is 13.9. The summed E-state index contributed by atoms with van der Waals surface area (Å²) in [5.41, 5.74) is 2.62. The second kappa shape index (κ2) is 7.35. The minimum atomic E-state index is -1.03. The SMILES string of the molecule is Cc1ccc(CN2C(=O)N[C@@]3(CCCN(C(=O)c4cccc(C)c4)C3)C2=O)cc1. The van der Waals surface area contributed by atoms with Gasteiger partial charge in [-0.25, -0.2) is 4.79 Å². The number of benzene rings is 2. The molecule has 1 N–H and O–H groups in total. The molecule has 2 saturated heterocycles. The standard InChI is InChI=1S/C23H25N3O3/c1-16-7-9-18(10-8-16)14-26-21(28)23(24-22(26)29)11-4-12-25(15-23)20(27)19-6-3-5-17(2)13-19/h3,5-10,13H,4,11-12,14-15H2,1-2H3,(H,24,29)/t23-/m1/s1. The molecule has 2 heterocycles. The Bertz CT molecular complexity index is 970. The van der Waals surface area contributed by atoms with Gasteiger partial charge in [-0.2, -0.15) is 0 Å². The van der Waals surface area contributed by atoms with Crippen molar-refractivity contribution in [3.05, 3.63) is 70.8 Å². The minimum Gasteiger partial charge on any atom is -0.336 e. The van der Waals surface area contributed by atoms with Crippen LogP contribution < -0.4 is 5.32 Å². The maximum atomic E-state index is 13.2. The molecule has 0 unspecified atom stereocenters. The number of amides is 4. The number of carbonyl (C=O) groups is 3. The normalized spacial score (nSPS) is 21.6. The van der Waals surface area contributed by atoms with Crippen LogP contribution in [-0.4, -0.2) is 46.3 Å². The van der Waals surface area contributed by atoms with Crippen LogP contribution in [0.15, 0.2) is 48.5 Å². The highest BCUT2D eigenvalue weighted by Crippen LogP contribution is 2.30. The molecular weight excluding hydrogens is 366 g/mol. The predicted octanol–water partition coefficient (Wildman–Crippen LogP) is 3.03. The van der Waals surface area contributed by atoms with Crippen molar-refractivity contribution in [2.24, 2.45) is 0 Å². The number of hydrogen-bond acceptors (Lipinski definition) is 3. The number of imide groups is 1. The molecule has 4 rings (SSSR count). The molecule has 2 fully saturated rings. The number of likely N-dealkylation sites (tertiary alicyclic amines) is 1. The van der Waals surface area contributed by atoms with Crippen LogP contribution in [0, 0.1) is 13.8 Å². The summed E-state index contributed by atoms with van der Waals surface area (Å²) >= 11 is 0. The Kier molecular flexibility index (Phi) is 4.86. The molecule has 4 amide bonds. The van der Waals surface area contributed by atoms with Gasteiger partial charge in [0.1, 0.15) is 5.54 Å². The third-order valence-electron chi connectivity index (χ3n) is 5.75. The summed E-state index contributed by atoms with van der Waals surface area (Å²) < 4.78 is 0. The van der Waals surface area contributed by atoms with Gasteiger partial charge in [0.2, 0.25) is 0 Å². The summed E-state index contributed by atoms with van der Waals surface area (Å²) in [5.74, 6) is -0.350. The molecule has 1 atom stereocenters. The molecule has 150 valence electrons. The van der Waals surface area contributed by atoms with Crippen LogP contribution in [-0.2, 0) is 11.3 Å². The van der Waals surface area contributed by atoms with E-state index in [4.69, 9.17) is 0 Å². The summed E-state index contributed by atoms with van der Waals surface area (Å²) in [6.07, 6.45) is 1.21. The first kappa shape index (κ1) is 19.2. The first-order valence-electron chi connectivity index (χ1n) is 9.94. The lowest BCUT2D eigenvalue weighted by molar-refractivity contribution is -0.133. The van der Waals surface area contributed by atoms with Gasteiger partial charge in [0.25, 0.3) is 11.8 Å². The van der Waals surface area contributed by atoms with Gasteiger partial charge in [0.15, 0.2) is 0 Å². The number of hydrogen-bond donors (Lipinski definition) is 1. The van der Waals surface area contributed by atoms with Gasteiger partial charge in [0, 0.05) is 12.1 Å². The van der Waals surface area contributed by atoms with E-state index in [1.54, 1.807) is 11.0 Å². The van der Waals surface area contributed by atoms with Crippen molar-refractivity contribution >= 4 is 17.8 Å². The Morgan fingerprint density at radius 1 is 1.07 bits per heavy atom. The monoisotopic (exact) mass is 391 g/mol. The topological polar surface area (TPSA) is 69.7 Å². The Hall–Kier alpha value is -3.15. The maximum absolute atomic E-state index is 13.2. The quantitative estimate of drug-likeness (QED) is 0.818. The van der Waals surface area contributed by atoms with E-state index in [1.165, 1.54) is 4.90 Å². The summed E-state index contributed by atoms with van der Waals surface area (Å²) in [5, 5.41) is 2.89. The van der Waals surface area contributed by atoms with Crippen LogP contribution in [0.1, 0.15) is 39.9 Å². The smallest absolute Gasteiger partial charge is 0.325 e. The van der Waals surface area contributed by atoms with Crippen molar-refractivity contribution in [3.8, 4) is 0 Å². The predicted molar refractivity (Wildman–Crippen MR) is 109 cm³/mol. The van der Waals surface area contributed by atoms with Gasteiger partial charge in [-0.1, -0.05) is 47.5 Å². The van der Waals surface area contributed by atoms with Crippen LogP contribution in [0.2, 0.25) is 0 Å². The van der Waals surface area contributed by atoms with Crippen LogP contribution in [0.25, 0.3) is 0 Å². The van der Waals surface area contributed by atoms with Crippen molar-refractivity contribution in [2.45, 2.75) is 38.8 Å². The third-order valence-corrected chi connectivity index (χ3v) is 5.75. The molecule has 2 aliphatic heterocycles. The number of aryl methyl sites for hydroxylation is 2. The minimum absolute atomic E-state index is 0.105. The molecule has 0 aliphatic carbocycles. The zero-order valence-corrected chi connectivity index (χ0v) is 16.8. The lowest BCUT2D eigenvalue weighted by Gasteiger charge is -2.38. The van der Waals surface area contributed by atoms with E-state index >= 15 is 0 Å². The molecular formula is C23H25N3O3. The van der Waals surface area contributed by atoms with Crippen LogP contribution >= 0.6 is 0 Å². The number of nitrogens with zero attached hydrogens (tertiary/aromatic N) is 2. The number of rotatable bonds is 3. The fraction of sp³-hybridized carbons (Fsp3) is 0.348. The van der Waals surface area contributed by atoms with E-state index in [2.05, 4.69) is 5.32 Å². The Morgan fingerprint density at radius 3 is 2.55 bits per heavy atom. The molecule has 2 aromatic rings. The van der Waals surface area contributed by atoms with E-state index in [1.807, 2.05) is 56.3 Å². The van der Waals surface area contributed by atoms with Crippen LogP contribution in [0.3, 0.4) is 0 Å². The average molecular weight is 391 g/mol. The summed E-state index contributed by atoms with van der Waals surface area (Å²) in [7, 11) is 0. The molecule has 0 saturated carbocycles. The van der Waals surface area contributed by atoms with Crippen molar-refractivity contribution in [2.75, 3.05) is 13.1 Å². The number of piperidine rings is 1. The third kappa shape index (κ3) is 3.62. The molecule has 0 radical (unpaired) electrons. The molecule has 0 bridgehead atoms. The van der Waals surface area contributed by atoms with E-state index < -0.39 is 5.54 Å². The van der Waals surface area contributed by atoms with Crippen LogP contribution in [0.5, 0.6) is 0 Å². The van der Waals surface area contributed by atoms with E-state index in [-0.39, 0.29) is 30.9 Å². The van der Waals surface area contributed by atoms with Crippen LogP contribution in [0.4, 0.5) is 4.79 Å². The van der Waals surface area contributed by atoms with E-state index in [0.29, 0.717) is 24.9 Å². The fourth-order valence-corrected chi connectivity index (χ4v) is 4.16. The van der Waals surface area contributed by atoms with Crippen molar-refractivity contribution in [1.82, 2.24) is 15.1 Å². The highest BCUT2D eigenvalue weighted by Gasteiger charge is 2.53. The molecule has 1 spiro atoms. The van der Waals surface area contributed by atoms with E-state index in [9.17, 15) is 14.4 Å². The fourth-order valence-electron chi connectivity index (χ4n) is 4.16. The number of carbonyl (C=O) groups excluding carboxylic acids is 3.